The molecule has 0 atom stereocenters. The maximum atomic E-state index is 12.4. The Labute approximate surface area is 136 Å². The van der Waals surface area contributed by atoms with Crippen LogP contribution in [0.1, 0.15) is 28.7 Å². The van der Waals surface area contributed by atoms with Crippen LogP contribution in [0.2, 0.25) is 0 Å². The number of aromatic nitrogens is 2. The van der Waals surface area contributed by atoms with E-state index in [1.807, 2.05) is 39.8 Å². The maximum Gasteiger partial charge on any atom is 0.255 e. The summed E-state index contributed by atoms with van der Waals surface area (Å²) in [5, 5.41) is 2.89. The van der Waals surface area contributed by atoms with Crippen LogP contribution in [-0.2, 0) is 0 Å². The number of hydrogen-bond acceptors (Lipinski definition) is 5. The summed E-state index contributed by atoms with van der Waals surface area (Å²) in [6.45, 7) is 6.23. The molecule has 6 heteroatoms. The Morgan fingerprint density at radius 2 is 1.70 bits per heavy atom. The predicted molar refractivity (Wildman–Crippen MR) is 91.4 cm³/mol. The second kappa shape index (κ2) is 7.09. The SMILES string of the molecule is CCOc1ccc(C(=O)Nc2c(C)nc(N(C)C)nc2C)cc1. The molecular formula is C17H22N4O2. The van der Waals surface area contributed by atoms with Gasteiger partial charge in [-0.15, -0.1) is 0 Å². The molecule has 1 amide bonds. The third kappa shape index (κ3) is 3.97. The number of hydrogen-bond donors (Lipinski definition) is 1. The number of aryl methyl sites for hydroxylation is 2. The lowest BCUT2D eigenvalue weighted by atomic mass is 10.2. The van der Waals surface area contributed by atoms with Crippen molar-refractivity contribution in [2.24, 2.45) is 0 Å². The lowest BCUT2D eigenvalue weighted by molar-refractivity contribution is 0.102. The summed E-state index contributed by atoms with van der Waals surface area (Å²) in [6, 6.07) is 7.04. The molecule has 1 aromatic carbocycles. The summed E-state index contributed by atoms with van der Waals surface area (Å²) in [6.07, 6.45) is 0. The Hall–Kier alpha value is -2.63. The van der Waals surface area contributed by atoms with Gasteiger partial charge in [-0.3, -0.25) is 4.79 Å². The molecule has 23 heavy (non-hydrogen) atoms. The Kier molecular flexibility index (Phi) is 5.16. The van der Waals surface area contributed by atoms with Crippen LogP contribution in [0.5, 0.6) is 5.75 Å². The molecule has 0 aliphatic rings. The van der Waals surface area contributed by atoms with Crippen molar-refractivity contribution in [3.63, 3.8) is 0 Å². The fraction of sp³-hybridized carbons (Fsp3) is 0.353. The summed E-state index contributed by atoms with van der Waals surface area (Å²) in [5.74, 6) is 1.18. The van der Waals surface area contributed by atoms with E-state index in [1.165, 1.54) is 0 Å². The van der Waals surface area contributed by atoms with Gasteiger partial charge in [0, 0.05) is 19.7 Å². The van der Waals surface area contributed by atoms with E-state index in [-0.39, 0.29) is 5.91 Å². The molecule has 1 heterocycles. The summed E-state index contributed by atoms with van der Waals surface area (Å²) in [5.41, 5.74) is 2.68. The Morgan fingerprint density at radius 3 is 2.17 bits per heavy atom. The third-order valence-corrected chi connectivity index (χ3v) is 3.33. The number of amides is 1. The summed E-state index contributed by atoms with van der Waals surface area (Å²) < 4.78 is 5.38. The largest absolute Gasteiger partial charge is 0.494 e. The van der Waals surface area contributed by atoms with E-state index < -0.39 is 0 Å². The van der Waals surface area contributed by atoms with Gasteiger partial charge in [0.1, 0.15) is 5.75 Å². The van der Waals surface area contributed by atoms with Crippen molar-refractivity contribution in [2.45, 2.75) is 20.8 Å². The second-order valence-corrected chi connectivity index (χ2v) is 5.38. The van der Waals surface area contributed by atoms with Gasteiger partial charge in [0.25, 0.3) is 5.91 Å². The van der Waals surface area contributed by atoms with Crippen molar-refractivity contribution in [1.82, 2.24) is 9.97 Å². The normalized spacial score (nSPS) is 10.3. The van der Waals surface area contributed by atoms with Crippen LogP contribution in [0.15, 0.2) is 24.3 Å². The zero-order valence-electron chi connectivity index (χ0n) is 14.2. The van der Waals surface area contributed by atoms with Gasteiger partial charge >= 0.3 is 0 Å². The molecule has 0 saturated carbocycles. The third-order valence-electron chi connectivity index (χ3n) is 3.33. The zero-order valence-corrected chi connectivity index (χ0v) is 14.2. The first kappa shape index (κ1) is 16.7. The molecule has 6 nitrogen and oxygen atoms in total. The lowest BCUT2D eigenvalue weighted by Gasteiger charge is -2.15. The fourth-order valence-corrected chi connectivity index (χ4v) is 2.13. The van der Waals surface area contributed by atoms with Crippen LogP contribution in [-0.4, -0.2) is 36.6 Å². The number of carbonyl (C=O) groups excluding carboxylic acids is 1. The molecule has 0 bridgehead atoms. The topological polar surface area (TPSA) is 67.3 Å². The Morgan fingerprint density at radius 1 is 1.13 bits per heavy atom. The molecule has 1 N–H and O–H groups in total. The van der Waals surface area contributed by atoms with E-state index in [0.29, 0.717) is 23.8 Å². The summed E-state index contributed by atoms with van der Waals surface area (Å²) in [4.78, 5) is 23.0. The minimum Gasteiger partial charge on any atom is -0.494 e. The van der Waals surface area contributed by atoms with E-state index >= 15 is 0 Å². The van der Waals surface area contributed by atoms with Crippen LogP contribution in [0.25, 0.3) is 0 Å². The number of benzene rings is 1. The van der Waals surface area contributed by atoms with Crippen LogP contribution in [0.3, 0.4) is 0 Å². The number of nitrogens with one attached hydrogen (secondary N) is 1. The number of nitrogens with zero attached hydrogens (tertiary/aromatic N) is 3. The van der Waals surface area contributed by atoms with E-state index in [2.05, 4.69) is 15.3 Å². The van der Waals surface area contributed by atoms with Crippen LogP contribution in [0, 0.1) is 13.8 Å². The minimum absolute atomic E-state index is 0.194. The maximum absolute atomic E-state index is 12.4. The molecule has 0 fully saturated rings. The fourth-order valence-electron chi connectivity index (χ4n) is 2.13. The van der Waals surface area contributed by atoms with Gasteiger partial charge < -0.3 is 15.0 Å². The number of carbonyl (C=O) groups is 1. The average Bonchev–Trinajstić information content (AvgIpc) is 2.51. The van der Waals surface area contributed by atoms with Crippen molar-refractivity contribution in [2.75, 3.05) is 30.9 Å². The van der Waals surface area contributed by atoms with Gasteiger partial charge in [-0.05, 0) is 45.0 Å². The van der Waals surface area contributed by atoms with Crippen LogP contribution in [0.4, 0.5) is 11.6 Å². The minimum atomic E-state index is -0.194. The number of rotatable bonds is 5. The number of ether oxygens (including phenoxy) is 1. The van der Waals surface area contributed by atoms with Gasteiger partial charge in [0.2, 0.25) is 5.95 Å². The first-order chi connectivity index (χ1) is 10.9. The van der Waals surface area contributed by atoms with Crippen molar-refractivity contribution in [1.29, 1.82) is 0 Å². The highest BCUT2D eigenvalue weighted by Gasteiger charge is 2.13. The van der Waals surface area contributed by atoms with Crippen molar-refractivity contribution >= 4 is 17.5 Å². The van der Waals surface area contributed by atoms with Crippen LogP contribution < -0.4 is 15.0 Å². The molecule has 0 aliphatic heterocycles. The molecular weight excluding hydrogens is 292 g/mol. The molecule has 1 aromatic heterocycles. The van der Waals surface area contributed by atoms with Gasteiger partial charge in [-0.1, -0.05) is 0 Å². The van der Waals surface area contributed by atoms with Crippen LogP contribution >= 0.6 is 0 Å². The quantitative estimate of drug-likeness (QED) is 0.919. The van der Waals surface area contributed by atoms with Gasteiger partial charge in [0.05, 0.1) is 23.7 Å². The Balaban J connectivity index is 2.20. The lowest BCUT2D eigenvalue weighted by Crippen LogP contribution is -2.18. The first-order valence-electron chi connectivity index (χ1n) is 7.49. The zero-order chi connectivity index (χ0) is 17.0. The van der Waals surface area contributed by atoms with E-state index in [9.17, 15) is 4.79 Å². The average molecular weight is 314 g/mol. The summed E-state index contributed by atoms with van der Waals surface area (Å²) >= 11 is 0. The van der Waals surface area contributed by atoms with E-state index in [4.69, 9.17) is 4.74 Å². The summed E-state index contributed by atoms with van der Waals surface area (Å²) in [7, 11) is 3.76. The smallest absolute Gasteiger partial charge is 0.255 e. The molecule has 0 unspecified atom stereocenters. The van der Waals surface area contributed by atoms with Gasteiger partial charge in [0.15, 0.2) is 0 Å². The highest BCUT2D eigenvalue weighted by molar-refractivity contribution is 6.04. The molecule has 0 spiro atoms. The molecule has 2 aromatic rings. The second-order valence-electron chi connectivity index (χ2n) is 5.38. The molecule has 0 aliphatic carbocycles. The van der Waals surface area contributed by atoms with E-state index in [0.717, 1.165) is 17.1 Å². The van der Waals surface area contributed by atoms with Crippen molar-refractivity contribution in [3.8, 4) is 5.75 Å². The van der Waals surface area contributed by atoms with E-state index in [1.54, 1.807) is 24.3 Å². The van der Waals surface area contributed by atoms with Gasteiger partial charge in [-0.25, -0.2) is 9.97 Å². The van der Waals surface area contributed by atoms with Gasteiger partial charge in [-0.2, -0.15) is 0 Å². The molecule has 122 valence electrons. The monoisotopic (exact) mass is 314 g/mol. The Bertz CT molecular complexity index is 673. The first-order valence-corrected chi connectivity index (χ1v) is 7.49. The molecule has 0 radical (unpaired) electrons. The highest BCUT2D eigenvalue weighted by atomic mass is 16.5. The van der Waals surface area contributed by atoms with Crippen molar-refractivity contribution in [3.05, 3.63) is 41.2 Å². The predicted octanol–water partition coefficient (Wildman–Crippen LogP) is 2.81. The molecule has 0 saturated heterocycles. The number of anilines is 2. The highest BCUT2D eigenvalue weighted by Crippen LogP contribution is 2.21. The molecule has 2 rings (SSSR count). The van der Waals surface area contributed by atoms with Crippen molar-refractivity contribution < 1.29 is 9.53 Å². The standard InChI is InChI=1S/C17H22N4O2/c1-6-23-14-9-7-13(8-10-14)16(22)20-15-11(2)18-17(21(4)5)19-12(15)3/h7-10H,6H2,1-5H3,(H,20,22).